The third-order valence-electron chi connectivity index (χ3n) is 1.25. The van der Waals surface area contributed by atoms with Crippen LogP contribution in [0.1, 0.15) is 0 Å². The number of anilines is 1. The molecule has 0 aliphatic heterocycles. The van der Waals surface area contributed by atoms with Crippen molar-refractivity contribution in [1.82, 2.24) is 0 Å². The summed E-state index contributed by atoms with van der Waals surface area (Å²) >= 11 is 1.80. The second kappa shape index (κ2) is 3.79. The predicted molar refractivity (Wildman–Crippen MR) is 48.8 cm³/mol. The molecule has 0 spiro atoms. The fourth-order valence-electron chi connectivity index (χ4n) is 0.718. The third-order valence-corrected chi connectivity index (χ3v) is 2.15. The molecule has 1 amide bonds. The number of hydrogen-bond acceptors (Lipinski definition) is 1. The number of carbonyl (C=O) groups excluding carboxylic acids is 1. The van der Waals surface area contributed by atoms with Crippen molar-refractivity contribution in [3.8, 4) is 0 Å². The van der Waals surface area contributed by atoms with Gasteiger partial charge < -0.3 is 5.32 Å². The molecule has 1 aromatic rings. The van der Waals surface area contributed by atoms with Crippen LogP contribution in [0.15, 0.2) is 12.1 Å². The van der Waals surface area contributed by atoms with Gasteiger partial charge in [0.05, 0.1) is 5.69 Å². The average molecular weight is 283 g/mol. The Balaban J connectivity index is 3.22. The lowest BCUT2D eigenvalue weighted by Gasteiger charge is -2.03. The van der Waals surface area contributed by atoms with Gasteiger partial charge in [-0.2, -0.15) is 0 Å². The van der Waals surface area contributed by atoms with Crippen molar-refractivity contribution in [3.05, 3.63) is 27.3 Å². The highest BCUT2D eigenvalue weighted by atomic mass is 127. The smallest absolute Gasteiger partial charge is 0.211 e. The van der Waals surface area contributed by atoms with Crippen molar-refractivity contribution in [3.63, 3.8) is 0 Å². The van der Waals surface area contributed by atoms with E-state index in [0.717, 1.165) is 6.07 Å². The number of rotatable bonds is 2. The van der Waals surface area contributed by atoms with Crippen LogP contribution in [0, 0.1) is 15.2 Å². The van der Waals surface area contributed by atoms with Crippen molar-refractivity contribution >= 4 is 34.7 Å². The van der Waals surface area contributed by atoms with Crippen LogP contribution in [0.4, 0.5) is 14.5 Å². The van der Waals surface area contributed by atoms with Gasteiger partial charge in [0.1, 0.15) is 0 Å². The molecule has 0 fully saturated rings. The van der Waals surface area contributed by atoms with Crippen molar-refractivity contribution in [1.29, 1.82) is 0 Å². The minimum Gasteiger partial charge on any atom is -0.325 e. The fraction of sp³-hybridized carbons (Fsp3) is 0. The van der Waals surface area contributed by atoms with E-state index in [1.807, 2.05) is 0 Å². The maximum Gasteiger partial charge on any atom is 0.211 e. The first-order chi connectivity index (χ1) is 5.66. The van der Waals surface area contributed by atoms with E-state index >= 15 is 0 Å². The van der Waals surface area contributed by atoms with Crippen LogP contribution in [0.5, 0.6) is 0 Å². The van der Waals surface area contributed by atoms with Gasteiger partial charge in [-0.1, -0.05) is 0 Å². The Morgan fingerprint density at radius 1 is 1.42 bits per heavy atom. The Kier molecular flexibility index (Phi) is 2.96. The van der Waals surface area contributed by atoms with Gasteiger partial charge in [0.15, 0.2) is 11.6 Å². The quantitative estimate of drug-likeness (QED) is 0.503. The molecule has 0 aliphatic rings. The van der Waals surface area contributed by atoms with Crippen molar-refractivity contribution in [2.75, 3.05) is 5.32 Å². The minimum atomic E-state index is -1.03. The standard InChI is InChI=1S/C7H4F2INO/c8-4-1-2-5(10)7(6(4)9)11-3-12/h1-3H,(H,11,12). The van der Waals surface area contributed by atoms with Crippen LogP contribution in [0.3, 0.4) is 0 Å². The molecule has 0 bridgehead atoms. The number of amides is 1. The van der Waals surface area contributed by atoms with Crippen LogP contribution >= 0.6 is 22.6 Å². The van der Waals surface area contributed by atoms with Gasteiger partial charge in [-0.05, 0) is 34.7 Å². The summed E-state index contributed by atoms with van der Waals surface area (Å²) in [6.45, 7) is 0. The van der Waals surface area contributed by atoms with E-state index in [0.29, 0.717) is 9.98 Å². The van der Waals surface area contributed by atoms with Crippen LogP contribution in [-0.4, -0.2) is 6.41 Å². The SMILES string of the molecule is O=CNc1c(I)ccc(F)c1F. The van der Waals surface area contributed by atoms with E-state index in [1.54, 1.807) is 22.6 Å². The Bertz CT molecular complexity index is 317. The van der Waals surface area contributed by atoms with E-state index in [1.165, 1.54) is 6.07 Å². The maximum atomic E-state index is 12.8. The molecule has 1 N–H and O–H groups in total. The number of benzene rings is 1. The molecule has 0 radical (unpaired) electrons. The maximum absolute atomic E-state index is 12.8. The summed E-state index contributed by atoms with van der Waals surface area (Å²) < 4.78 is 25.9. The van der Waals surface area contributed by atoms with Gasteiger partial charge in [0, 0.05) is 3.57 Å². The Morgan fingerprint density at radius 3 is 2.67 bits per heavy atom. The summed E-state index contributed by atoms with van der Waals surface area (Å²) in [7, 11) is 0. The molecule has 5 heteroatoms. The Hall–Kier alpha value is -0.720. The molecule has 64 valence electrons. The lowest BCUT2D eigenvalue weighted by atomic mass is 10.3. The molecule has 0 aromatic heterocycles. The van der Waals surface area contributed by atoms with Gasteiger partial charge in [0.25, 0.3) is 0 Å². The zero-order valence-corrected chi connectivity index (χ0v) is 7.93. The fourth-order valence-corrected chi connectivity index (χ4v) is 1.29. The molecular weight excluding hydrogens is 279 g/mol. The van der Waals surface area contributed by atoms with Crippen LogP contribution in [0.2, 0.25) is 0 Å². The summed E-state index contributed by atoms with van der Waals surface area (Å²) in [6, 6.07) is 2.39. The molecule has 0 unspecified atom stereocenters. The lowest BCUT2D eigenvalue weighted by molar-refractivity contribution is -0.105. The Labute approximate surface area is 81.1 Å². The van der Waals surface area contributed by atoms with Gasteiger partial charge in [0.2, 0.25) is 6.41 Å². The van der Waals surface area contributed by atoms with Gasteiger partial charge >= 0.3 is 0 Å². The van der Waals surface area contributed by atoms with E-state index in [-0.39, 0.29) is 5.69 Å². The molecule has 0 atom stereocenters. The second-order valence-corrected chi connectivity index (χ2v) is 3.14. The average Bonchev–Trinajstić information content (AvgIpc) is 2.06. The first kappa shape index (κ1) is 9.37. The van der Waals surface area contributed by atoms with E-state index in [4.69, 9.17) is 0 Å². The van der Waals surface area contributed by atoms with Crippen molar-refractivity contribution in [2.24, 2.45) is 0 Å². The highest BCUT2D eigenvalue weighted by Gasteiger charge is 2.10. The topological polar surface area (TPSA) is 29.1 Å². The lowest BCUT2D eigenvalue weighted by Crippen LogP contribution is -2.01. The number of carbonyl (C=O) groups is 1. The summed E-state index contributed by atoms with van der Waals surface area (Å²) in [5.74, 6) is -2.01. The summed E-state index contributed by atoms with van der Waals surface area (Å²) in [6.07, 6.45) is 0.306. The summed E-state index contributed by atoms with van der Waals surface area (Å²) in [4.78, 5) is 9.99. The monoisotopic (exact) mass is 283 g/mol. The summed E-state index contributed by atoms with van der Waals surface area (Å²) in [5, 5.41) is 2.08. The van der Waals surface area contributed by atoms with Crippen molar-refractivity contribution in [2.45, 2.75) is 0 Å². The van der Waals surface area contributed by atoms with E-state index in [9.17, 15) is 13.6 Å². The molecule has 0 heterocycles. The number of nitrogens with one attached hydrogen (secondary N) is 1. The normalized spacial score (nSPS) is 9.58. The van der Waals surface area contributed by atoms with Gasteiger partial charge in [-0.25, -0.2) is 8.78 Å². The molecule has 1 aromatic carbocycles. The first-order valence-electron chi connectivity index (χ1n) is 3.00. The molecule has 1 rings (SSSR count). The predicted octanol–water partition coefficient (Wildman–Crippen LogP) is 2.14. The van der Waals surface area contributed by atoms with Crippen LogP contribution in [-0.2, 0) is 4.79 Å². The van der Waals surface area contributed by atoms with Gasteiger partial charge in [-0.3, -0.25) is 4.79 Å². The molecule has 0 saturated carbocycles. The molecule has 0 saturated heterocycles. The first-order valence-corrected chi connectivity index (χ1v) is 4.08. The highest BCUT2D eigenvalue weighted by Crippen LogP contribution is 2.23. The van der Waals surface area contributed by atoms with Crippen molar-refractivity contribution < 1.29 is 13.6 Å². The zero-order chi connectivity index (χ0) is 9.14. The molecule has 12 heavy (non-hydrogen) atoms. The van der Waals surface area contributed by atoms with E-state index < -0.39 is 11.6 Å². The largest absolute Gasteiger partial charge is 0.325 e. The number of halogens is 3. The van der Waals surface area contributed by atoms with Gasteiger partial charge in [-0.15, -0.1) is 0 Å². The Morgan fingerprint density at radius 2 is 2.08 bits per heavy atom. The molecule has 2 nitrogen and oxygen atoms in total. The highest BCUT2D eigenvalue weighted by molar-refractivity contribution is 14.1. The van der Waals surface area contributed by atoms with E-state index in [2.05, 4.69) is 5.32 Å². The molecule has 0 aliphatic carbocycles. The third kappa shape index (κ3) is 1.71. The second-order valence-electron chi connectivity index (χ2n) is 1.98. The van der Waals surface area contributed by atoms with Crippen LogP contribution in [0.25, 0.3) is 0 Å². The minimum absolute atomic E-state index is 0.120. The molecular formula is C7H4F2INO. The zero-order valence-electron chi connectivity index (χ0n) is 5.77. The summed E-state index contributed by atoms with van der Waals surface area (Å²) in [5.41, 5.74) is -0.120. The van der Waals surface area contributed by atoms with Crippen LogP contribution < -0.4 is 5.32 Å². The number of hydrogen-bond donors (Lipinski definition) is 1.